The second-order valence-corrected chi connectivity index (χ2v) is 3.57. The summed E-state index contributed by atoms with van der Waals surface area (Å²) in [7, 11) is 0. The Bertz CT molecular complexity index is 518. The maximum Gasteiger partial charge on any atom is 0.320 e. The molecule has 0 spiro atoms. The molecule has 0 fully saturated rings. The molecule has 7 heteroatoms. The van der Waals surface area contributed by atoms with Crippen molar-refractivity contribution in [2.75, 3.05) is 11.2 Å². The van der Waals surface area contributed by atoms with Crippen LogP contribution in [0.4, 0.5) is 20.5 Å². The molecule has 0 aliphatic carbocycles. The Morgan fingerprint density at radius 1 is 1.24 bits per heavy atom. The van der Waals surface area contributed by atoms with Crippen LogP contribution < -0.4 is 5.32 Å². The van der Waals surface area contributed by atoms with E-state index in [4.69, 9.17) is 16.0 Å². The third-order valence-corrected chi connectivity index (χ3v) is 2.14. The first kappa shape index (κ1) is 11.8. The number of hydrogen-bond acceptors (Lipinski definition) is 4. The van der Waals surface area contributed by atoms with Gasteiger partial charge in [-0.2, -0.15) is 0 Å². The third-order valence-electron chi connectivity index (χ3n) is 1.95. The molecule has 1 N–H and O–H groups in total. The van der Waals surface area contributed by atoms with E-state index < -0.39 is 11.6 Å². The lowest BCUT2D eigenvalue weighted by Gasteiger charge is -2.01. The van der Waals surface area contributed by atoms with Crippen LogP contribution in [0.3, 0.4) is 0 Å². The van der Waals surface area contributed by atoms with Crippen LogP contribution in [-0.4, -0.2) is 16.1 Å². The number of rotatable bonds is 4. The quantitative estimate of drug-likeness (QED) is 0.858. The molecular formula is C10H8ClF2N3O. The normalized spacial score (nSPS) is 10.5. The van der Waals surface area contributed by atoms with E-state index in [1.165, 1.54) is 6.07 Å². The van der Waals surface area contributed by atoms with Gasteiger partial charge in [-0.25, -0.2) is 8.78 Å². The van der Waals surface area contributed by atoms with Crippen molar-refractivity contribution >= 4 is 23.3 Å². The van der Waals surface area contributed by atoms with Crippen LogP contribution >= 0.6 is 11.6 Å². The monoisotopic (exact) mass is 259 g/mol. The van der Waals surface area contributed by atoms with Gasteiger partial charge in [0.2, 0.25) is 5.89 Å². The highest BCUT2D eigenvalue weighted by atomic mass is 35.5. The summed E-state index contributed by atoms with van der Waals surface area (Å²) in [5.74, 6) is -1.11. The highest BCUT2D eigenvalue weighted by Crippen LogP contribution is 2.18. The molecule has 0 bridgehead atoms. The van der Waals surface area contributed by atoms with Gasteiger partial charge in [0.05, 0.1) is 0 Å². The van der Waals surface area contributed by atoms with Gasteiger partial charge in [0.15, 0.2) is 11.6 Å². The third kappa shape index (κ3) is 2.91. The molecule has 0 atom stereocenters. The largest absolute Gasteiger partial charge is 0.408 e. The predicted octanol–water partition coefficient (Wildman–Crippen LogP) is 2.87. The first-order valence-electron chi connectivity index (χ1n) is 4.79. The molecule has 90 valence electrons. The number of halogens is 3. The summed E-state index contributed by atoms with van der Waals surface area (Å²) in [5.41, 5.74) is 0.324. The SMILES string of the molecule is Fc1ccc(Nc2nnc(CCCl)o2)cc1F. The number of alkyl halides is 1. The minimum atomic E-state index is -0.949. The summed E-state index contributed by atoms with van der Waals surface area (Å²) in [6.07, 6.45) is 0.452. The van der Waals surface area contributed by atoms with Gasteiger partial charge in [-0.3, -0.25) is 0 Å². The summed E-state index contributed by atoms with van der Waals surface area (Å²) in [6.45, 7) is 0. The van der Waals surface area contributed by atoms with E-state index in [9.17, 15) is 8.78 Å². The van der Waals surface area contributed by atoms with E-state index in [-0.39, 0.29) is 6.01 Å². The van der Waals surface area contributed by atoms with Crippen molar-refractivity contribution in [1.29, 1.82) is 0 Å². The van der Waals surface area contributed by atoms with Crippen LogP contribution in [0.15, 0.2) is 22.6 Å². The molecular weight excluding hydrogens is 252 g/mol. The summed E-state index contributed by atoms with van der Waals surface area (Å²) in [6, 6.07) is 3.48. The van der Waals surface area contributed by atoms with Gasteiger partial charge in [0, 0.05) is 24.1 Å². The zero-order valence-electron chi connectivity index (χ0n) is 8.58. The van der Waals surface area contributed by atoms with E-state index in [2.05, 4.69) is 15.5 Å². The zero-order chi connectivity index (χ0) is 12.3. The number of nitrogens with zero attached hydrogens (tertiary/aromatic N) is 2. The number of nitrogens with one attached hydrogen (secondary N) is 1. The Balaban J connectivity index is 2.11. The standard InChI is InChI=1S/C10H8ClF2N3O/c11-4-3-9-15-16-10(17-9)14-6-1-2-7(12)8(13)5-6/h1-2,5H,3-4H2,(H,14,16). The molecule has 0 aliphatic rings. The first-order valence-corrected chi connectivity index (χ1v) is 5.33. The Kier molecular flexibility index (Phi) is 3.53. The van der Waals surface area contributed by atoms with Crippen LogP contribution in [-0.2, 0) is 6.42 Å². The number of aryl methyl sites for hydroxylation is 1. The Morgan fingerprint density at radius 3 is 2.76 bits per heavy atom. The second kappa shape index (κ2) is 5.09. The highest BCUT2D eigenvalue weighted by Gasteiger charge is 2.07. The van der Waals surface area contributed by atoms with Crippen molar-refractivity contribution in [3.63, 3.8) is 0 Å². The molecule has 1 heterocycles. The lowest BCUT2D eigenvalue weighted by molar-refractivity contribution is 0.507. The van der Waals surface area contributed by atoms with Crippen LogP contribution in [0.1, 0.15) is 5.89 Å². The average Bonchev–Trinajstić information content (AvgIpc) is 2.72. The minimum absolute atomic E-state index is 0.108. The smallest absolute Gasteiger partial charge is 0.320 e. The van der Waals surface area contributed by atoms with Crippen LogP contribution in [0, 0.1) is 11.6 Å². The van der Waals surface area contributed by atoms with E-state index in [1.807, 2.05) is 0 Å². The lowest BCUT2D eigenvalue weighted by atomic mass is 10.3. The van der Waals surface area contributed by atoms with E-state index >= 15 is 0 Å². The minimum Gasteiger partial charge on any atom is -0.408 e. The van der Waals surface area contributed by atoms with Crippen molar-refractivity contribution in [3.05, 3.63) is 35.7 Å². The van der Waals surface area contributed by atoms with Gasteiger partial charge >= 0.3 is 6.01 Å². The van der Waals surface area contributed by atoms with Crippen molar-refractivity contribution < 1.29 is 13.2 Å². The average molecular weight is 260 g/mol. The van der Waals surface area contributed by atoms with Gasteiger partial charge in [-0.05, 0) is 12.1 Å². The van der Waals surface area contributed by atoms with E-state index in [1.54, 1.807) is 0 Å². The number of aromatic nitrogens is 2. The molecule has 0 saturated carbocycles. The van der Waals surface area contributed by atoms with E-state index in [0.29, 0.717) is 23.9 Å². The summed E-state index contributed by atoms with van der Waals surface area (Å²) in [5, 5.41) is 10.1. The fourth-order valence-corrected chi connectivity index (χ4v) is 1.35. The van der Waals surface area contributed by atoms with Crippen molar-refractivity contribution in [2.45, 2.75) is 6.42 Å². The molecule has 0 amide bonds. The van der Waals surface area contributed by atoms with Crippen molar-refractivity contribution in [1.82, 2.24) is 10.2 Å². The van der Waals surface area contributed by atoms with Crippen LogP contribution in [0.2, 0.25) is 0 Å². The topological polar surface area (TPSA) is 51.0 Å². The predicted molar refractivity (Wildman–Crippen MR) is 58.4 cm³/mol. The molecule has 2 rings (SSSR count). The van der Waals surface area contributed by atoms with Gasteiger partial charge in [-0.1, -0.05) is 5.10 Å². The number of benzene rings is 1. The lowest BCUT2D eigenvalue weighted by Crippen LogP contribution is -1.92. The zero-order valence-corrected chi connectivity index (χ0v) is 9.34. The Morgan fingerprint density at radius 2 is 2.06 bits per heavy atom. The molecule has 17 heavy (non-hydrogen) atoms. The van der Waals surface area contributed by atoms with Crippen molar-refractivity contribution in [2.24, 2.45) is 0 Å². The fourth-order valence-electron chi connectivity index (χ4n) is 1.18. The molecule has 2 aromatic rings. The van der Waals surface area contributed by atoms with Crippen molar-refractivity contribution in [3.8, 4) is 0 Å². The first-order chi connectivity index (χ1) is 8.19. The van der Waals surface area contributed by atoms with Crippen LogP contribution in [0.25, 0.3) is 0 Å². The van der Waals surface area contributed by atoms with Gasteiger partial charge in [0.25, 0.3) is 0 Å². The molecule has 1 aromatic heterocycles. The van der Waals surface area contributed by atoms with Gasteiger partial charge in [0.1, 0.15) is 0 Å². The number of anilines is 2. The molecule has 0 saturated heterocycles. The maximum atomic E-state index is 12.9. The molecule has 1 aromatic carbocycles. The Labute approximate surface area is 101 Å². The molecule has 0 radical (unpaired) electrons. The summed E-state index contributed by atoms with van der Waals surface area (Å²) >= 11 is 5.50. The summed E-state index contributed by atoms with van der Waals surface area (Å²) < 4.78 is 30.7. The molecule has 0 unspecified atom stereocenters. The van der Waals surface area contributed by atoms with Gasteiger partial charge in [-0.15, -0.1) is 16.7 Å². The number of hydrogen-bond donors (Lipinski definition) is 1. The fraction of sp³-hybridized carbons (Fsp3) is 0.200. The Hall–Kier alpha value is -1.69. The van der Waals surface area contributed by atoms with Crippen LogP contribution in [0.5, 0.6) is 0 Å². The molecule has 4 nitrogen and oxygen atoms in total. The molecule has 0 aliphatic heterocycles. The second-order valence-electron chi connectivity index (χ2n) is 3.19. The highest BCUT2D eigenvalue weighted by molar-refractivity contribution is 6.17. The summed E-state index contributed by atoms with van der Waals surface area (Å²) in [4.78, 5) is 0. The van der Waals surface area contributed by atoms with Gasteiger partial charge < -0.3 is 9.73 Å². The van der Waals surface area contributed by atoms with E-state index in [0.717, 1.165) is 12.1 Å². The maximum absolute atomic E-state index is 12.9.